The van der Waals surface area contributed by atoms with Crippen molar-refractivity contribution in [2.45, 2.75) is 32.8 Å². The van der Waals surface area contributed by atoms with Gasteiger partial charge in [-0.05, 0) is 20.8 Å². The summed E-state index contributed by atoms with van der Waals surface area (Å²) in [6, 6.07) is 0. The van der Waals surface area contributed by atoms with Crippen LogP contribution >= 0.6 is 15.9 Å². The highest BCUT2D eigenvalue weighted by atomic mass is 79.9. The molecule has 0 N–H and O–H groups in total. The maximum Gasteiger partial charge on any atom is 0.308 e. The van der Waals surface area contributed by atoms with Crippen LogP contribution in [0.15, 0.2) is 0 Å². The van der Waals surface area contributed by atoms with E-state index in [9.17, 15) is 4.79 Å². The first-order valence-electron chi connectivity index (χ1n) is 7.54. The smallest absolute Gasteiger partial charge is 0.308 e. The Labute approximate surface area is 141 Å². The van der Waals surface area contributed by atoms with Crippen molar-refractivity contribution in [3.63, 3.8) is 0 Å². The van der Waals surface area contributed by atoms with Crippen LogP contribution in [0.25, 0.3) is 0 Å². The Morgan fingerprint density at radius 3 is 1.59 bits per heavy atom. The van der Waals surface area contributed by atoms with Gasteiger partial charge in [0.05, 0.1) is 59.3 Å². The predicted molar refractivity (Wildman–Crippen MR) is 87.5 cm³/mol. The van der Waals surface area contributed by atoms with E-state index in [2.05, 4.69) is 15.9 Å². The molecule has 0 fully saturated rings. The lowest BCUT2D eigenvalue weighted by Crippen LogP contribution is -2.24. The summed E-state index contributed by atoms with van der Waals surface area (Å²) in [5, 5.41) is 0.837. The van der Waals surface area contributed by atoms with Crippen LogP contribution in [-0.4, -0.2) is 69.8 Å². The van der Waals surface area contributed by atoms with Crippen LogP contribution in [-0.2, 0) is 28.5 Å². The lowest BCUT2D eigenvalue weighted by atomic mass is 10.2. The molecule has 0 saturated carbocycles. The molecule has 0 aliphatic carbocycles. The van der Waals surface area contributed by atoms with Crippen molar-refractivity contribution in [1.29, 1.82) is 0 Å². The normalized spacial score (nSPS) is 11.6. The van der Waals surface area contributed by atoms with Crippen molar-refractivity contribution >= 4 is 21.9 Å². The summed E-state index contributed by atoms with van der Waals surface area (Å²) in [7, 11) is 0. The highest BCUT2D eigenvalue weighted by Gasteiger charge is 2.15. The Morgan fingerprint density at radius 2 is 1.18 bits per heavy atom. The minimum atomic E-state index is -0.445. The summed E-state index contributed by atoms with van der Waals surface area (Å²) in [5.41, 5.74) is -0.445. The number of alkyl halides is 1. The quantitative estimate of drug-likeness (QED) is 0.260. The third kappa shape index (κ3) is 17.8. The SMILES string of the molecule is CC(C)(C)OC(=O)CCOCCOCCOCCOCCBr. The zero-order valence-electron chi connectivity index (χ0n) is 13.9. The van der Waals surface area contributed by atoms with E-state index in [0.717, 1.165) is 5.33 Å². The number of halogens is 1. The third-order valence-corrected chi connectivity index (χ3v) is 2.53. The molecule has 0 radical (unpaired) electrons. The fraction of sp³-hybridized carbons (Fsp3) is 0.933. The summed E-state index contributed by atoms with van der Waals surface area (Å²) in [4.78, 5) is 11.4. The third-order valence-electron chi connectivity index (χ3n) is 2.21. The number of ether oxygens (including phenoxy) is 5. The second-order valence-electron chi connectivity index (χ2n) is 5.47. The summed E-state index contributed by atoms with van der Waals surface area (Å²) >= 11 is 3.28. The molecule has 0 spiro atoms. The standard InChI is InChI=1S/C15H29BrO6/c1-15(2,3)22-14(17)4-6-18-8-10-20-12-13-21-11-9-19-7-5-16/h4-13H2,1-3H3. The van der Waals surface area contributed by atoms with Gasteiger partial charge in [-0.15, -0.1) is 0 Å². The van der Waals surface area contributed by atoms with Crippen molar-refractivity contribution in [3.8, 4) is 0 Å². The summed E-state index contributed by atoms with van der Waals surface area (Å²) < 4.78 is 26.4. The van der Waals surface area contributed by atoms with E-state index in [1.165, 1.54) is 0 Å². The van der Waals surface area contributed by atoms with E-state index in [-0.39, 0.29) is 12.4 Å². The van der Waals surface area contributed by atoms with Gasteiger partial charge >= 0.3 is 5.97 Å². The molecule has 0 amide bonds. The molecule has 0 heterocycles. The first kappa shape index (κ1) is 21.8. The highest BCUT2D eigenvalue weighted by molar-refractivity contribution is 9.09. The second-order valence-corrected chi connectivity index (χ2v) is 6.27. The Bertz CT molecular complexity index is 267. The van der Waals surface area contributed by atoms with Crippen molar-refractivity contribution < 1.29 is 28.5 Å². The topological polar surface area (TPSA) is 63.2 Å². The number of hydrogen-bond acceptors (Lipinski definition) is 6. The van der Waals surface area contributed by atoms with E-state index < -0.39 is 5.60 Å². The van der Waals surface area contributed by atoms with Crippen LogP contribution in [0, 0.1) is 0 Å². The molecule has 0 rings (SSSR count). The molecule has 22 heavy (non-hydrogen) atoms. The Hall–Kier alpha value is -0.210. The highest BCUT2D eigenvalue weighted by Crippen LogP contribution is 2.07. The average Bonchev–Trinajstić information content (AvgIpc) is 2.42. The summed E-state index contributed by atoms with van der Waals surface area (Å²) in [5.74, 6) is -0.246. The molecule has 0 saturated heterocycles. The van der Waals surface area contributed by atoms with Gasteiger partial charge in [0.25, 0.3) is 0 Å². The zero-order valence-corrected chi connectivity index (χ0v) is 15.5. The Kier molecular flexibility index (Phi) is 14.2. The molecule has 0 unspecified atom stereocenters. The minimum Gasteiger partial charge on any atom is -0.460 e. The monoisotopic (exact) mass is 384 g/mol. The van der Waals surface area contributed by atoms with Crippen molar-refractivity contribution in [2.24, 2.45) is 0 Å². The Balaban J connectivity index is 3.16. The van der Waals surface area contributed by atoms with Crippen LogP contribution in [0.4, 0.5) is 0 Å². The molecule has 132 valence electrons. The van der Waals surface area contributed by atoms with Gasteiger partial charge in [0.2, 0.25) is 0 Å². The van der Waals surface area contributed by atoms with Gasteiger partial charge in [0.1, 0.15) is 5.60 Å². The first-order valence-corrected chi connectivity index (χ1v) is 8.66. The van der Waals surface area contributed by atoms with Crippen molar-refractivity contribution in [2.75, 3.05) is 58.2 Å². The molecular weight excluding hydrogens is 356 g/mol. The number of carbonyl (C=O) groups is 1. The first-order chi connectivity index (χ1) is 10.5. The predicted octanol–water partition coefficient (Wildman–Crippen LogP) is 2.18. The second kappa shape index (κ2) is 14.4. The summed E-state index contributed by atoms with van der Waals surface area (Å²) in [6.07, 6.45) is 0.259. The van der Waals surface area contributed by atoms with Gasteiger partial charge in [-0.25, -0.2) is 0 Å². The van der Waals surface area contributed by atoms with Gasteiger partial charge in [-0.2, -0.15) is 0 Å². The van der Waals surface area contributed by atoms with E-state index in [4.69, 9.17) is 23.7 Å². The maximum atomic E-state index is 11.4. The molecule has 0 aromatic carbocycles. The molecule has 0 aromatic rings. The molecule has 0 aromatic heterocycles. The largest absolute Gasteiger partial charge is 0.460 e. The lowest BCUT2D eigenvalue weighted by Gasteiger charge is -2.19. The van der Waals surface area contributed by atoms with E-state index in [1.54, 1.807) is 0 Å². The average molecular weight is 385 g/mol. The minimum absolute atomic E-state index is 0.246. The van der Waals surface area contributed by atoms with Gasteiger partial charge in [-0.3, -0.25) is 4.79 Å². The van der Waals surface area contributed by atoms with Crippen LogP contribution < -0.4 is 0 Å². The molecule has 0 aliphatic rings. The van der Waals surface area contributed by atoms with Gasteiger partial charge in [0, 0.05) is 5.33 Å². The fourth-order valence-corrected chi connectivity index (χ4v) is 1.59. The van der Waals surface area contributed by atoms with E-state index in [1.807, 2.05) is 20.8 Å². The molecule has 0 bridgehead atoms. The van der Waals surface area contributed by atoms with Gasteiger partial charge < -0.3 is 23.7 Å². The van der Waals surface area contributed by atoms with E-state index >= 15 is 0 Å². The molecule has 0 aliphatic heterocycles. The number of hydrogen-bond donors (Lipinski definition) is 0. The Morgan fingerprint density at radius 1 is 0.773 bits per heavy atom. The van der Waals surface area contributed by atoms with Crippen LogP contribution in [0.3, 0.4) is 0 Å². The number of esters is 1. The van der Waals surface area contributed by atoms with E-state index in [0.29, 0.717) is 52.9 Å². The fourth-order valence-electron chi connectivity index (χ4n) is 1.36. The molecular formula is C15H29BrO6. The van der Waals surface area contributed by atoms with Crippen LogP contribution in [0.1, 0.15) is 27.2 Å². The van der Waals surface area contributed by atoms with Crippen molar-refractivity contribution in [1.82, 2.24) is 0 Å². The lowest BCUT2D eigenvalue weighted by molar-refractivity contribution is -0.156. The van der Waals surface area contributed by atoms with Gasteiger partial charge in [0.15, 0.2) is 0 Å². The molecule has 6 nitrogen and oxygen atoms in total. The zero-order chi connectivity index (χ0) is 16.7. The van der Waals surface area contributed by atoms with Crippen LogP contribution in [0.2, 0.25) is 0 Å². The molecule has 0 atom stereocenters. The number of rotatable bonds is 14. The maximum absolute atomic E-state index is 11.4. The van der Waals surface area contributed by atoms with Gasteiger partial charge in [-0.1, -0.05) is 15.9 Å². The summed E-state index contributed by atoms with van der Waals surface area (Å²) in [6.45, 7) is 9.74. The molecule has 7 heteroatoms. The van der Waals surface area contributed by atoms with Crippen molar-refractivity contribution in [3.05, 3.63) is 0 Å². The van der Waals surface area contributed by atoms with Crippen LogP contribution in [0.5, 0.6) is 0 Å². The number of carbonyl (C=O) groups excluding carboxylic acids is 1.